The van der Waals surface area contributed by atoms with Crippen molar-refractivity contribution in [2.45, 2.75) is 33.9 Å². The highest BCUT2D eigenvalue weighted by Crippen LogP contribution is 2.11. The van der Waals surface area contributed by atoms with E-state index in [0.717, 1.165) is 25.3 Å². The minimum atomic E-state index is 0.0284. The Morgan fingerprint density at radius 3 is 2.94 bits per heavy atom. The van der Waals surface area contributed by atoms with Crippen molar-refractivity contribution in [3.05, 3.63) is 23.5 Å². The van der Waals surface area contributed by atoms with E-state index in [1.54, 1.807) is 0 Å². The quantitative estimate of drug-likeness (QED) is 0.795. The molecule has 1 aromatic rings. The van der Waals surface area contributed by atoms with Gasteiger partial charge in [0.2, 0.25) is 0 Å². The molecular formula is C12H21N3O. The van der Waals surface area contributed by atoms with Crippen molar-refractivity contribution in [1.82, 2.24) is 15.2 Å². The lowest BCUT2D eigenvalue weighted by Gasteiger charge is -2.18. The predicted octanol–water partition coefficient (Wildman–Crippen LogP) is 1.37. The maximum absolute atomic E-state index is 11.6. The Balaban J connectivity index is 0.000000606. The minimum Gasteiger partial charge on any atom is -0.351 e. The summed E-state index contributed by atoms with van der Waals surface area (Å²) in [7, 11) is 0. The third kappa shape index (κ3) is 2.64. The first-order valence-corrected chi connectivity index (χ1v) is 6.00. The van der Waals surface area contributed by atoms with E-state index in [1.807, 2.05) is 32.9 Å². The number of nitrogens with zero attached hydrogens (tertiary/aromatic N) is 1. The van der Waals surface area contributed by atoms with Gasteiger partial charge in [-0.05, 0) is 19.1 Å². The lowest BCUT2D eigenvalue weighted by Crippen LogP contribution is -2.32. The van der Waals surface area contributed by atoms with E-state index >= 15 is 0 Å². The number of fused-ring (bicyclic) bond motifs is 1. The fourth-order valence-corrected chi connectivity index (χ4v) is 1.78. The van der Waals surface area contributed by atoms with Crippen molar-refractivity contribution in [2.75, 3.05) is 13.1 Å². The Hall–Kier alpha value is -1.29. The molecule has 2 N–H and O–H groups in total. The van der Waals surface area contributed by atoms with Gasteiger partial charge < -0.3 is 15.2 Å². The van der Waals surface area contributed by atoms with Crippen LogP contribution in [0, 0.1) is 0 Å². The summed E-state index contributed by atoms with van der Waals surface area (Å²) in [4.78, 5) is 11.6. The smallest absolute Gasteiger partial charge is 0.267 e. The molecule has 0 aromatic carbocycles. The van der Waals surface area contributed by atoms with Crippen molar-refractivity contribution >= 4 is 5.91 Å². The van der Waals surface area contributed by atoms with Gasteiger partial charge in [0.25, 0.3) is 5.91 Å². The number of aromatic nitrogens is 1. The van der Waals surface area contributed by atoms with E-state index < -0.39 is 0 Å². The van der Waals surface area contributed by atoms with Gasteiger partial charge in [0, 0.05) is 31.9 Å². The molecule has 2 heterocycles. The van der Waals surface area contributed by atoms with E-state index in [9.17, 15) is 4.79 Å². The lowest BCUT2D eigenvalue weighted by atomic mass is 10.3. The molecule has 0 bridgehead atoms. The van der Waals surface area contributed by atoms with Crippen LogP contribution in [0.25, 0.3) is 0 Å². The Bertz CT molecular complexity index is 344. The molecule has 1 aliphatic heterocycles. The first kappa shape index (κ1) is 12.8. The van der Waals surface area contributed by atoms with Gasteiger partial charge in [-0.2, -0.15) is 0 Å². The molecule has 0 spiro atoms. The molecule has 0 aliphatic carbocycles. The van der Waals surface area contributed by atoms with E-state index in [-0.39, 0.29) is 5.91 Å². The first-order chi connectivity index (χ1) is 7.83. The van der Waals surface area contributed by atoms with Crippen LogP contribution in [0.15, 0.2) is 12.1 Å². The Kier molecular flexibility index (Phi) is 5.05. The van der Waals surface area contributed by atoms with Crippen LogP contribution in [0.3, 0.4) is 0 Å². The van der Waals surface area contributed by atoms with Crippen LogP contribution in [-0.2, 0) is 13.1 Å². The van der Waals surface area contributed by atoms with E-state index in [2.05, 4.69) is 15.2 Å². The fourth-order valence-electron chi connectivity index (χ4n) is 1.78. The molecule has 0 radical (unpaired) electrons. The molecule has 1 aliphatic rings. The van der Waals surface area contributed by atoms with Crippen molar-refractivity contribution < 1.29 is 4.79 Å². The van der Waals surface area contributed by atoms with Gasteiger partial charge in [-0.1, -0.05) is 13.8 Å². The van der Waals surface area contributed by atoms with Crippen molar-refractivity contribution in [3.63, 3.8) is 0 Å². The summed E-state index contributed by atoms with van der Waals surface area (Å²) >= 11 is 0. The van der Waals surface area contributed by atoms with Gasteiger partial charge in [0.15, 0.2) is 0 Å². The van der Waals surface area contributed by atoms with E-state index in [4.69, 9.17) is 0 Å². The van der Waals surface area contributed by atoms with Crippen LogP contribution in [0.1, 0.15) is 37.0 Å². The van der Waals surface area contributed by atoms with E-state index in [1.165, 1.54) is 5.69 Å². The summed E-state index contributed by atoms with van der Waals surface area (Å²) in [6, 6.07) is 3.91. The SMILES string of the molecule is CC.CCNC(=O)c1ccc2n1CCNC2. The fraction of sp³-hybridized carbons (Fsp3) is 0.583. The number of nitrogens with one attached hydrogen (secondary N) is 2. The first-order valence-electron chi connectivity index (χ1n) is 6.00. The lowest BCUT2D eigenvalue weighted by molar-refractivity contribution is 0.0945. The maximum Gasteiger partial charge on any atom is 0.267 e. The van der Waals surface area contributed by atoms with Gasteiger partial charge in [0.1, 0.15) is 5.69 Å². The molecule has 4 nitrogen and oxygen atoms in total. The van der Waals surface area contributed by atoms with Crippen LogP contribution in [0.5, 0.6) is 0 Å². The van der Waals surface area contributed by atoms with Crippen molar-refractivity contribution in [3.8, 4) is 0 Å². The second-order valence-electron chi connectivity index (χ2n) is 3.40. The zero-order chi connectivity index (χ0) is 12.0. The average Bonchev–Trinajstić information content (AvgIpc) is 2.76. The normalized spacial score (nSPS) is 13.4. The van der Waals surface area contributed by atoms with Gasteiger partial charge in [0.05, 0.1) is 0 Å². The molecule has 0 unspecified atom stereocenters. The Labute approximate surface area is 97.0 Å². The highest BCUT2D eigenvalue weighted by atomic mass is 16.1. The van der Waals surface area contributed by atoms with Crippen LogP contribution in [0.2, 0.25) is 0 Å². The van der Waals surface area contributed by atoms with Crippen LogP contribution in [0.4, 0.5) is 0 Å². The summed E-state index contributed by atoms with van der Waals surface area (Å²) in [6.07, 6.45) is 0. The van der Waals surface area contributed by atoms with Gasteiger partial charge in [-0.15, -0.1) is 0 Å². The van der Waals surface area contributed by atoms with E-state index in [0.29, 0.717) is 6.54 Å². The molecule has 16 heavy (non-hydrogen) atoms. The van der Waals surface area contributed by atoms with Gasteiger partial charge >= 0.3 is 0 Å². The zero-order valence-corrected chi connectivity index (χ0v) is 10.3. The van der Waals surface area contributed by atoms with Gasteiger partial charge in [-0.25, -0.2) is 0 Å². The second-order valence-corrected chi connectivity index (χ2v) is 3.40. The Morgan fingerprint density at radius 2 is 2.25 bits per heavy atom. The molecule has 1 aromatic heterocycles. The number of carbonyl (C=O) groups is 1. The molecular weight excluding hydrogens is 202 g/mol. The zero-order valence-electron chi connectivity index (χ0n) is 10.3. The standard InChI is InChI=1S/C10H15N3O.C2H6/c1-2-12-10(14)9-4-3-8-7-11-5-6-13(8)9;1-2/h3-4,11H,2,5-7H2,1H3,(H,12,14);1-2H3. The largest absolute Gasteiger partial charge is 0.351 e. The minimum absolute atomic E-state index is 0.0284. The topological polar surface area (TPSA) is 46.1 Å². The van der Waals surface area contributed by atoms with Gasteiger partial charge in [-0.3, -0.25) is 4.79 Å². The third-order valence-corrected chi connectivity index (χ3v) is 2.46. The summed E-state index contributed by atoms with van der Waals surface area (Å²) < 4.78 is 2.08. The summed E-state index contributed by atoms with van der Waals surface area (Å²) in [5.41, 5.74) is 1.97. The molecule has 0 saturated heterocycles. The second kappa shape index (κ2) is 6.33. The number of hydrogen-bond acceptors (Lipinski definition) is 2. The van der Waals surface area contributed by atoms with Crippen LogP contribution in [-0.4, -0.2) is 23.6 Å². The summed E-state index contributed by atoms with van der Waals surface area (Å²) in [5, 5.41) is 6.09. The number of carbonyl (C=O) groups excluding carboxylic acids is 1. The molecule has 4 heteroatoms. The number of amides is 1. The van der Waals surface area contributed by atoms with Crippen molar-refractivity contribution in [2.24, 2.45) is 0 Å². The number of rotatable bonds is 2. The maximum atomic E-state index is 11.6. The van der Waals surface area contributed by atoms with Crippen LogP contribution >= 0.6 is 0 Å². The molecule has 90 valence electrons. The van der Waals surface area contributed by atoms with Crippen molar-refractivity contribution in [1.29, 1.82) is 0 Å². The highest BCUT2D eigenvalue weighted by Gasteiger charge is 2.16. The van der Waals surface area contributed by atoms with Crippen LogP contribution < -0.4 is 10.6 Å². The molecule has 2 rings (SSSR count). The number of hydrogen-bond donors (Lipinski definition) is 2. The Morgan fingerprint density at radius 1 is 1.50 bits per heavy atom. The molecule has 0 atom stereocenters. The predicted molar refractivity (Wildman–Crippen MR) is 65.5 cm³/mol. The summed E-state index contributed by atoms with van der Waals surface area (Å²) in [5.74, 6) is 0.0284. The average molecular weight is 223 g/mol. The monoisotopic (exact) mass is 223 g/mol. The highest BCUT2D eigenvalue weighted by molar-refractivity contribution is 5.92. The molecule has 0 saturated carbocycles. The summed E-state index contributed by atoms with van der Waals surface area (Å²) in [6.45, 7) is 9.29. The molecule has 0 fully saturated rings. The molecule has 1 amide bonds. The third-order valence-electron chi connectivity index (χ3n) is 2.46.